The van der Waals surface area contributed by atoms with Gasteiger partial charge in [0.1, 0.15) is 0 Å². The maximum Gasteiger partial charge on any atom is 0.0308 e. The van der Waals surface area contributed by atoms with Gasteiger partial charge in [0.2, 0.25) is 0 Å². The van der Waals surface area contributed by atoms with E-state index in [0.29, 0.717) is 5.38 Å². The molecule has 0 aromatic heterocycles. The summed E-state index contributed by atoms with van der Waals surface area (Å²) in [5.74, 6) is 0. The van der Waals surface area contributed by atoms with Crippen LogP contribution in [-0.4, -0.2) is 18.5 Å². The lowest BCUT2D eigenvalue weighted by molar-refractivity contribution is 0.601. The Balaban J connectivity index is 1.93. The molecule has 1 aromatic rings. The fraction of sp³-hybridized carbons (Fsp3) is 0.571. The molecule has 0 spiro atoms. The lowest BCUT2D eigenvalue weighted by atomic mass is 10.1. The molecule has 0 saturated carbocycles. The zero-order valence-electron chi connectivity index (χ0n) is 10.1. The first kappa shape index (κ1) is 13.5. The van der Waals surface area contributed by atoms with E-state index in [-0.39, 0.29) is 0 Å². The summed E-state index contributed by atoms with van der Waals surface area (Å²) in [6.07, 6.45) is 4.66. The van der Waals surface area contributed by atoms with Crippen molar-refractivity contribution in [1.82, 2.24) is 5.32 Å². The topological polar surface area (TPSA) is 12.0 Å². The lowest BCUT2D eigenvalue weighted by Gasteiger charge is -2.05. The molecule has 1 unspecified atom stereocenters. The van der Waals surface area contributed by atoms with Crippen molar-refractivity contribution in [3.05, 3.63) is 35.9 Å². The molecular weight excluding hydrogens is 218 g/mol. The van der Waals surface area contributed by atoms with Gasteiger partial charge in [0, 0.05) is 5.38 Å². The summed E-state index contributed by atoms with van der Waals surface area (Å²) in [5, 5.41) is 3.76. The SMILES string of the molecule is CC(Cl)CCCNCCCc1ccccc1. The molecule has 0 aliphatic heterocycles. The number of hydrogen-bond donors (Lipinski definition) is 1. The molecular formula is C14H22ClN. The summed E-state index contributed by atoms with van der Waals surface area (Å²) < 4.78 is 0. The van der Waals surface area contributed by atoms with Gasteiger partial charge in [0.15, 0.2) is 0 Å². The van der Waals surface area contributed by atoms with Crippen molar-refractivity contribution in [2.24, 2.45) is 0 Å². The number of hydrogen-bond acceptors (Lipinski definition) is 1. The molecule has 1 atom stereocenters. The number of rotatable bonds is 8. The molecule has 0 aliphatic rings. The monoisotopic (exact) mass is 239 g/mol. The number of halogens is 1. The molecule has 1 nitrogen and oxygen atoms in total. The highest BCUT2D eigenvalue weighted by molar-refractivity contribution is 6.20. The molecule has 2 heteroatoms. The first-order chi connectivity index (χ1) is 7.79. The number of alkyl halides is 1. The van der Waals surface area contributed by atoms with Crippen LogP contribution in [0.5, 0.6) is 0 Å². The Bertz CT molecular complexity index is 259. The van der Waals surface area contributed by atoms with Crippen molar-refractivity contribution in [1.29, 1.82) is 0 Å². The number of benzene rings is 1. The molecule has 0 aliphatic carbocycles. The zero-order valence-corrected chi connectivity index (χ0v) is 10.8. The smallest absolute Gasteiger partial charge is 0.0308 e. The molecule has 90 valence electrons. The number of aryl methyl sites for hydroxylation is 1. The normalized spacial score (nSPS) is 12.6. The Labute approximate surface area is 104 Å². The predicted octanol–water partition coefficient (Wildman–Crippen LogP) is 3.62. The summed E-state index contributed by atoms with van der Waals surface area (Å²) in [6.45, 7) is 4.24. The Morgan fingerprint density at radius 2 is 1.81 bits per heavy atom. The van der Waals surface area contributed by atoms with Gasteiger partial charge in [0.25, 0.3) is 0 Å². The van der Waals surface area contributed by atoms with Crippen LogP contribution in [0.3, 0.4) is 0 Å². The second-order valence-electron chi connectivity index (χ2n) is 4.26. The molecule has 0 heterocycles. The van der Waals surface area contributed by atoms with Crippen molar-refractivity contribution in [2.45, 2.75) is 38.0 Å². The largest absolute Gasteiger partial charge is 0.317 e. The molecule has 1 aromatic carbocycles. The summed E-state index contributed by atoms with van der Waals surface area (Å²) in [4.78, 5) is 0. The van der Waals surface area contributed by atoms with Crippen LogP contribution >= 0.6 is 11.6 Å². The molecule has 1 N–H and O–H groups in total. The number of nitrogens with one attached hydrogen (secondary N) is 1. The van der Waals surface area contributed by atoms with E-state index in [1.807, 2.05) is 0 Å². The first-order valence-corrected chi connectivity index (χ1v) is 6.61. The van der Waals surface area contributed by atoms with Gasteiger partial charge in [-0.2, -0.15) is 0 Å². The van der Waals surface area contributed by atoms with Gasteiger partial charge >= 0.3 is 0 Å². The highest BCUT2D eigenvalue weighted by atomic mass is 35.5. The van der Waals surface area contributed by atoms with Crippen LogP contribution in [0.25, 0.3) is 0 Å². The zero-order chi connectivity index (χ0) is 11.6. The second-order valence-corrected chi connectivity index (χ2v) is 5.01. The predicted molar refractivity (Wildman–Crippen MR) is 72.2 cm³/mol. The third-order valence-electron chi connectivity index (χ3n) is 2.62. The van der Waals surface area contributed by atoms with E-state index in [0.717, 1.165) is 19.5 Å². The van der Waals surface area contributed by atoms with Gasteiger partial charge in [-0.15, -0.1) is 11.6 Å². The van der Waals surface area contributed by atoms with Crippen molar-refractivity contribution in [2.75, 3.05) is 13.1 Å². The van der Waals surface area contributed by atoms with Gasteiger partial charge < -0.3 is 5.32 Å². The van der Waals surface area contributed by atoms with Crippen molar-refractivity contribution in [3.63, 3.8) is 0 Å². The van der Waals surface area contributed by atoms with Crippen molar-refractivity contribution in [3.8, 4) is 0 Å². The van der Waals surface area contributed by atoms with Gasteiger partial charge in [-0.3, -0.25) is 0 Å². The summed E-state index contributed by atoms with van der Waals surface area (Å²) in [5.41, 5.74) is 1.43. The van der Waals surface area contributed by atoms with Crippen molar-refractivity contribution < 1.29 is 0 Å². The minimum absolute atomic E-state index is 0.311. The average Bonchev–Trinajstić information content (AvgIpc) is 2.29. The van der Waals surface area contributed by atoms with Crippen molar-refractivity contribution >= 4 is 11.6 Å². The fourth-order valence-electron chi connectivity index (χ4n) is 1.70. The highest BCUT2D eigenvalue weighted by Gasteiger charge is 1.95. The van der Waals surface area contributed by atoms with Gasteiger partial charge in [-0.1, -0.05) is 30.3 Å². The van der Waals surface area contributed by atoms with Crippen LogP contribution < -0.4 is 5.32 Å². The van der Waals surface area contributed by atoms with Crippen LogP contribution in [0.15, 0.2) is 30.3 Å². The van der Waals surface area contributed by atoms with Crippen LogP contribution in [0.4, 0.5) is 0 Å². The maximum absolute atomic E-state index is 5.87. The fourth-order valence-corrected chi connectivity index (χ4v) is 1.85. The minimum atomic E-state index is 0.311. The summed E-state index contributed by atoms with van der Waals surface area (Å²) in [7, 11) is 0. The van der Waals surface area contributed by atoms with Gasteiger partial charge in [0.05, 0.1) is 0 Å². The van der Waals surface area contributed by atoms with E-state index < -0.39 is 0 Å². The molecule has 1 rings (SSSR count). The van der Waals surface area contributed by atoms with E-state index >= 15 is 0 Å². The Kier molecular flexibility index (Phi) is 7.28. The highest BCUT2D eigenvalue weighted by Crippen LogP contribution is 2.03. The maximum atomic E-state index is 5.87. The van der Waals surface area contributed by atoms with Crippen LogP contribution in [0.1, 0.15) is 31.7 Å². The minimum Gasteiger partial charge on any atom is -0.317 e. The molecule has 0 saturated heterocycles. The second kappa shape index (κ2) is 8.60. The van der Waals surface area contributed by atoms with E-state index in [9.17, 15) is 0 Å². The van der Waals surface area contributed by atoms with Gasteiger partial charge in [-0.05, 0) is 51.3 Å². The molecule has 16 heavy (non-hydrogen) atoms. The molecule has 0 radical (unpaired) electrons. The van der Waals surface area contributed by atoms with Crippen LogP contribution in [0, 0.1) is 0 Å². The summed E-state index contributed by atoms with van der Waals surface area (Å²) >= 11 is 5.87. The van der Waals surface area contributed by atoms with E-state index in [1.165, 1.54) is 24.8 Å². The van der Waals surface area contributed by atoms with E-state index in [4.69, 9.17) is 11.6 Å². The van der Waals surface area contributed by atoms with E-state index in [1.54, 1.807) is 0 Å². The third kappa shape index (κ3) is 6.86. The lowest BCUT2D eigenvalue weighted by Crippen LogP contribution is -2.17. The van der Waals surface area contributed by atoms with Crippen LogP contribution in [-0.2, 0) is 6.42 Å². The van der Waals surface area contributed by atoms with Gasteiger partial charge in [-0.25, -0.2) is 0 Å². The summed E-state index contributed by atoms with van der Waals surface area (Å²) in [6, 6.07) is 10.6. The Morgan fingerprint density at radius 3 is 2.50 bits per heavy atom. The third-order valence-corrected chi connectivity index (χ3v) is 2.84. The first-order valence-electron chi connectivity index (χ1n) is 6.18. The Morgan fingerprint density at radius 1 is 1.12 bits per heavy atom. The molecule has 0 bridgehead atoms. The molecule has 0 fully saturated rings. The van der Waals surface area contributed by atoms with Crippen LogP contribution in [0.2, 0.25) is 0 Å². The van der Waals surface area contributed by atoms with E-state index in [2.05, 4.69) is 42.6 Å². The Hall–Kier alpha value is -0.530. The average molecular weight is 240 g/mol. The standard InChI is InChI=1S/C14H22ClN/c1-13(15)7-5-11-16-12-6-10-14-8-3-2-4-9-14/h2-4,8-9,13,16H,5-7,10-12H2,1H3. The quantitative estimate of drug-likeness (QED) is 0.540. The molecule has 0 amide bonds.